The summed E-state index contributed by atoms with van der Waals surface area (Å²) in [4.78, 5) is 11.3. The number of carboxylic acid groups (broad SMARTS) is 1. The molecule has 0 fully saturated rings. The lowest BCUT2D eigenvalue weighted by Gasteiger charge is -2.13. The van der Waals surface area contributed by atoms with Crippen molar-refractivity contribution in [1.29, 1.82) is 0 Å². The number of methoxy groups -OCH3 is 1. The number of ether oxygens (including phenoxy) is 2. The van der Waals surface area contributed by atoms with Crippen LogP contribution in [0.15, 0.2) is 24.3 Å². The molecule has 0 bridgehead atoms. The molecule has 118 valence electrons. The van der Waals surface area contributed by atoms with Crippen LogP contribution in [0.1, 0.15) is 31.6 Å². The molecule has 8 nitrogen and oxygen atoms in total. The summed E-state index contributed by atoms with van der Waals surface area (Å²) >= 11 is 0. The predicted octanol–water partition coefficient (Wildman–Crippen LogP) is 1.69. The van der Waals surface area contributed by atoms with Gasteiger partial charge in [0.15, 0.2) is 11.9 Å². The van der Waals surface area contributed by atoms with Gasteiger partial charge >= 0.3 is 5.97 Å². The number of benzene rings is 1. The molecule has 1 unspecified atom stereocenters. The van der Waals surface area contributed by atoms with Crippen LogP contribution in [0.3, 0.4) is 0 Å². The summed E-state index contributed by atoms with van der Waals surface area (Å²) in [5.41, 5.74) is 0. The summed E-state index contributed by atoms with van der Waals surface area (Å²) in [7, 11) is 1.57. The van der Waals surface area contributed by atoms with Crippen LogP contribution >= 0.6 is 0 Å². The molecule has 0 saturated heterocycles. The van der Waals surface area contributed by atoms with E-state index in [0.717, 1.165) is 0 Å². The van der Waals surface area contributed by atoms with E-state index in [9.17, 15) is 9.90 Å². The number of hydrogen-bond acceptors (Lipinski definition) is 6. The fourth-order valence-corrected chi connectivity index (χ4v) is 2.01. The molecule has 0 aliphatic rings. The van der Waals surface area contributed by atoms with Crippen LogP contribution in [-0.2, 0) is 11.4 Å². The van der Waals surface area contributed by atoms with Crippen molar-refractivity contribution in [2.24, 2.45) is 0 Å². The van der Waals surface area contributed by atoms with Crippen molar-refractivity contribution in [2.75, 3.05) is 7.11 Å². The van der Waals surface area contributed by atoms with Crippen molar-refractivity contribution in [2.45, 2.75) is 32.4 Å². The lowest BCUT2D eigenvalue weighted by molar-refractivity contribution is -0.141. The molecule has 0 aliphatic heterocycles. The Kier molecular flexibility index (Phi) is 5.29. The smallest absolute Gasteiger partial charge is 0.328 e. The van der Waals surface area contributed by atoms with E-state index in [2.05, 4.69) is 15.5 Å². The molecular formula is C14H18N4O4. The van der Waals surface area contributed by atoms with E-state index < -0.39 is 12.0 Å². The molecule has 0 radical (unpaired) electrons. The third-order valence-corrected chi connectivity index (χ3v) is 3.11. The first kappa shape index (κ1) is 15.7. The number of nitrogens with zero attached hydrogens (tertiary/aromatic N) is 4. The van der Waals surface area contributed by atoms with Gasteiger partial charge < -0.3 is 14.6 Å². The minimum atomic E-state index is -0.961. The van der Waals surface area contributed by atoms with Crippen LogP contribution in [0.2, 0.25) is 0 Å². The quantitative estimate of drug-likeness (QED) is 0.792. The standard InChI is InChI=1S/C14H18N4O4/c1-3-5-12(14(19)20)18-13(15-16-17-18)9-22-11-7-4-6-10(8-11)21-2/h4,6-8,12H,3,5,9H2,1-2H3,(H,19,20). The molecule has 1 atom stereocenters. The Morgan fingerprint density at radius 3 is 2.86 bits per heavy atom. The molecule has 0 amide bonds. The summed E-state index contributed by atoms with van der Waals surface area (Å²) in [5, 5.41) is 20.4. The van der Waals surface area contributed by atoms with Crippen molar-refractivity contribution in [1.82, 2.24) is 20.2 Å². The normalized spacial score (nSPS) is 11.9. The topological polar surface area (TPSA) is 99.4 Å². The van der Waals surface area contributed by atoms with Crippen LogP contribution < -0.4 is 9.47 Å². The highest BCUT2D eigenvalue weighted by molar-refractivity contribution is 5.71. The number of aliphatic carboxylic acids is 1. The van der Waals surface area contributed by atoms with E-state index >= 15 is 0 Å². The fraction of sp³-hybridized carbons (Fsp3) is 0.429. The van der Waals surface area contributed by atoms with Gasteiger partial charge in [0.2, 0.25) is 0 Å². The highest BCUT2D eigenvalue weighted by Crippen LogP contribution is 2.20. The zero-order valence-corrected chi connectivity index (χ0v) is 12.5. The van der Waals surface area contributed by atoms with E-state index in [1.807, 2.05) is 6.92 Å². The second-order valence-corrected chi connectivity index (χ2v) is 4.65. The lowest BCUT2D eigenvalue weighted by Crippen LogP contribution is -2.23. The number of rotatable bonds is 8. The Balaban J connectivity index is 2.10. The van der Waals surface area contributed by atoms with Crippen molar-refractivity contribution < 1.29 is 19.4 Å². The number of tetrazole rings is 1. The van der Waals surface area contributed by atoms with E-state index in [1.54, 1.807) is 31.4 Å². The molecule has 22 heavy (non-hydrogen) atoms. The molecular weight excluding hydrogens is 288 g/mol. The van der Waals surface area contributed by atoms with Gasteiger partial charge in [-0.3, -0.25) is 0 Å². The van der Waals surface area contributed by atoms with Gasteiger partial charge in [0, 0.05) is 6.07 Å². The maximum Gasteiger partial charge on any atom is 0.328 e. The van der Waals surface area contributed by atoms with Crippen LogP contribution in [0.25, 0.3) is 0 Å². The first-order chi connectivity index (χ1) is 10.7. The summed E-state index contributed by atoms with van der Waals surface area (Å²) < 4.78 is 12.0. The zero-order valence-electron chi connectivity index (χ0n) is 12.5. The SMILES string of the molecule is CCCC(C(=O)O)n1nnnc1COc1cccc(OC)c1. The second kappa shape index (κ2) is 7.39. The van der Waals surface area contributed by atoms with Gasteiger partial charge in [-0.2, -0.15) is 0 Å². The molecule has 2 rings (SSSR count). The maximum absolute atomic E-state index is 11.3. The molecule has 1 aromatic heterocycles. The van der Waals surface area contributed by atoms with Crippen molar-refractivity contribution in [3.63, 3.8) is 0 Å². The van der Waals surface area contributed by atoms with Crippen LogP contribution in [-0.4, -0.2) is 38.4 Å². The number of aromatic nitrogens is 4. The van der Waals surface area contributed by atoms with E-state index in [0.29, 0.717) is 30.2 Å². The first-order valence-corrected chi connectivity index (χ1v) is 6.92. The molecule has 0 saturated carbocycles. The molecule has 8 heteroatoms. The summed E-state index contributed by atoms with van der Waals surface area (Å²) in [6.07, 6.45) is 1.17. The van der Waals surface area contributed by atoms with Gasteiger partial charge in [-0.25, -0.2) is 9.48 Å². The van der Waals surface area contributed by atoms with Crippen LogP contribution in [0, 0.1) is 0 Å². The number of hydrogen-bond donors (Lipinski definition) is 1. The molecule has 0 aliphatic carbocycles. The molecule has 0 spiro atoms. The van der Waals surface area contributed by atoms with Gasteiger partial charge in [0.25, 0.3) is 0 Å². The number of carboxylic acids is 1. The Hall–Kier alpha value is -2.64. The van der Waals surface area contributed by atoms with Gasteiger partial charge in [-0.1, -0.05) is 19.4 Å². The monoisotopic (exact) mass is 306 g/mol. The third kappa shape index (κ3) is 3.72. The third-order valence-electron chi connectivity index (χ3n) is 3.11. The summed E-state index contributed by atoms with van der Waals surface area (Å²) in [5.74, 6) is 0.670. The lowest BCUT2D eigenvalue weighted by atomic mass is 10.2. The average Bonchev–Trinajstić information content (AvgIpc) is 2.98. The Labute approximate surface area is 127 Å². The van der Waals surface area contributed by atoms with Crippen molar-refractivity contribution in [3.05, 3.63) is 30.1 Å². The van der Waals surface area contributed by atoms with E-state index in [4.69, 9.17) is 9.47 Å². The van der Waals surface area contributed by atoms with Crippen molar-refractivity contribution >= 4 is 5.97 Å². The highest BCUT2D eigenvalue weighted by Gasteiger charge is 2.23. The first-order valence-electron chi connectivity index (χ1n) is 6.92. The number of carbonyl (C=O) groups is 1. The maximum atomic E-state index is 11.3. The molecule has 1 N–H and O–H groups in total. The zero-order chi connectivity index (χ0) is 15.9. The highest BCUT2D eigenvalue weighted by atomic mass is 16.5. The van der Waals surface area contributed by atoms with Crippen molar-refractivity contribution in [3.8, 4) is 11.5 Å². The summed E-state index contributed by atoms with van der Waals surface area (Å²) in [6, 6.07) is 6.32. The van der Waals surface area contributed by atoms with Gasteiger partial charge in [0.05, 0.1) is 7.11 Å². The Morgan fingerprint density at radius 1 is 1.41 bits per heavy atom. The van der Waals surface area contributed by atoms with Crippen LogP contribution in [0.4, 0.5) is 0 Å². The minimum Gasteiger partial charge on any atom is -0.497 e. The Bertz CT molecular complexity index is 629. The second-order valence-electron chi connectivity index (χ2n) is 4.65. The largest absolute Gasteiger partial charge is 0.497 e. The average molecular weight is 306 g/mol. The fourth-order valence-electron chi connectivity index (χ4n) is 2.01. The Morgan fingerprint density at radius 2 is 2.18 bits per heavy atom. The van der Waals surface area contributed by atoms with Gasteiger partial charge in [0.1, 0.15) is 18.1 Å². The summed E-state index contributed by atoms with van der Waals surface area (Å²) in [6.45, 7) is 1.99. The molecule has 1 aromatic carbocycles. The molecule has 1 heterocycles. The van der Waals surface area contributed by atoms with Crippen LogP contribution in [0.5, 0.6) is 11.5 Å². The molecule has 2 aromatic rings. The van der Waals surface area contributed by atoms with Gasteiger partial charge in [-0.05, 0) is 29.0 Å². The van der Waals surface area contributed by atoms with E-state index in [-0.39, 0.29) is 6.61 Å². The minimum absolute atomic E-state index is 0.0770. The van der Waals surface area contributed by atoms with E-state index in [1.165, 1.54) is 4.68 Å². The van der Waals surface area contributed by atoms with Gasteiger partial charge in [-0.15, -0.1) is 5.10 Å². The predicted molar refractivity (Wildman–Crippen MR) is 76.7 cm³/mol.